The molecule has 0 aliphatic rings. The Balaban J connectivity index is 1.76. The second-order valence-electron chi connectivity index (χ2n) is 7.10. The van der Waals surface area contributed by atoms with Crippen LogP contribution in [0, 0.1) is 0 Å². The molecule has 0 aliphatic heterocycles. The van der Waals surface area contributed by atoms with Gasteiger partial charge in [-0.05, 0) is 24.1 Å². The Morgan fingerprint density at radius 2 is 1.66 bits per heavy atom. The van der Waals surface area contributed by atoms with Gasteiger partial charge in [-0.15, -0.1) is 0 Å². The zero-order valence-electron chi connectivity index (χ0n) is 18.4. The highest BCUT2D eigenvalue weighted by Gasteiger charge is 2.42. The molecule has 0 saturated heterocycles. The van der Waals surface area contributed by atoms with E-state index in [9.17, 15) is 32.3 Å². The minimum absolute atomic E-state index is 0.318. The Hall–Kier alpha value is -4.16. The van der Waals surface area contributed by atoms with E-state index in [0.717, 1.165) is 0 Å². The maximum Gasteiger partial charge on any atom is 0.491 e. The van der Waals surface area contributed by atoms with E-state index < -0.39 is 49.1 Å². The number of ether oxygens (including phenoxy) is 1. The lowest BCUT2D eigenvalue weighted by molar-refractivity contribution is -0.202. The van der Waals surface area contributed by atoms with Crippen LogP contribution in [-0.2, 0) is 19.1 Å². The number of rotatable bonds is 11. The standard InChI is InChI=1S/C22H24F3N5O5/c23-22(24,25)20(33)35-19(32)13-16(15-7-2-1-3-8-15)30-18(31)14-29-21(34)28-12-6-11-27-17-9-4-5-10-26-17/h1-5,7-10,16H,6,11-14H2,(H,26,27)(H,30,31)(H2,28,29,34). The zero-order chi connectivity index (χ0) is 25.7. The number of esters is 2. The second kappa shape index (κ2) is 13.5. The first-order valence-corrected chi connectivity index (χ1v) is 10.5. The van der Waals surface area contributed by atoms with E-state index in [1.165, 1.54) is 12.1 Å². The van der Waals surface area contributed by atoms with E-state index in [1.54, 1.807) is 36.5 Å². The molecule has 4 N–H and O–H groups in total. The quantitative estimate of drug-likeness (QED) is 0.213. The molecular weight excluding hydrogens is 471 g/mol. The molecule has 2 aromatic rings. The summed E-state index contributed by atoms with van der Waals surface area (Å²) in [6.07, 6.45) is -3.82. The molecule has 0 fully saturated rings. The van der Waals surface area contributed by atoms with Crippen LogP contribution in [0.3, 0.4) is 0 Å². The number of carbonyl (C=O) groups excluding carboxylic acids is 4. The minimum atomic E-state index is -5.33. The molecule has 2 rings (SSSR count). The molecule has 188 valence electrons. The minimum Gasteiger partial charge on any atom is -0.386 e. The number of nitrogens with zero attached hydrogens (tertiary/aromatic N) is 1. The van der Waals surface area contributed by atoms with Gasteiger partial charge in [-0.25, -0.2) is 14.6 Å². The van der Waals surface area contributed by atoms with Gasteiger partial charge in [0, 0.05) is 19.3 Å². The van der Waals surface area contributed by atoms with Gasteiger partial charge < -0.3 is 26.0 Å². The van der Waals surface area contributed by atoms with Crippen molar-refractivity contribution in [3.63, 3.8) is 0 Å². The number of halogens is 3. The summed E-state index contributed by atoms with van der Waals surface area (Å²) in [5, 5.41) is 10.4. The largest absolute Gasteiger partial charge is 0.491 e. The molecule has 1 heterocycles. The number of hydrogen-bond donors (Lipinski definition) is 4. The van der Waals surface area contributed by atoms with Gasteiger partial charge in [0.05, 0.1) is 19.0 Å². The van der Waals surface area contributed by atoms with Crippen molar-refractivity contribution in [3.05, 3.63) is 60.3 Å². The fraction of sp³-hybridized carbons (Fsp3) is 0.318. The molecule has 0 radical (unpaired) electrons. The monoisotopic (exact) mass is 495 g/mol. The first-order valence-electron chi connectivity index (χ1n) is 10.5. The summed E-state index contributed by atoms with van der Waals surface area (Å²) in [6, 6.07) is 11.6. The molecule has 13 heteroatoms. The number of nitrogens with one attached hydrogen (secondary N) is 4. The molecule has 10 nitrogen and oxygen atoms in total. The van der Waals surface area contributed by atoms with Crippen LogP contribution in [0.15, 0.2) is 54.7 Å². The summed E-state index contributed by atoms with van der Waals surface area (Å²) in [6.45, 7) is 0.417. The first-order chi connectivity index (χ1) is 16.6. The number of hydrogen-bond acceptors (Lipinski definition) is 7. The summed E-state index contributed by atoms with van der Waals surface area (Å²) in [4.78, 5) is 50.9. The van der Waals surface area contributed by atoms with E-state index in [1.807, 2.05) is 6.07 Å². The molecule has 3 amide bonds. The molecule has 0 spiro atoms. The number of amides is 3. The molecular formula is C22H24F3N5O5. The Labute approximate surface area is 198 Å². The van der Waals surface area contributed by atoms with Crippen LogP contribution in [0.2, 0.25) is 0 Å². The Kier molecular flexibility index (Phi) is 10.5. The van der Waals surface area contributed by atoms with Crippen molar-refractivity contribution in [2.24, 2.45) is 0 Å². The third-order valence-electron chi connectivity index (χ3n) is 4.37. The molecule has 1 unspecified atom stereocenters. The number of pyridine rings is 1. The van der Waals surface area contributed by atoms with Gasteiger partial charge in [0.15, 0.2) is 0 Å². The van der Waals surface area contributed by atoms with Crippen LogP contribution in [0.5, 0.6) is 0 Å². The lowest BCUT2D eigenvalue weighted by atomic mass is 10.0. The Bertz CT molecular complexity index is 990. The van der Waals surface area contributed by atoms with Gasteiger partial charge in [0.1, 0.15) is 5.82 Å². The van der Waals surface area contributed by atoms with Crippen LogP contribution in [0.1, 0.15) is 24.4 Å². The molecule has 0 bridgehead atoms. The van der Waals surface area contributed by atoms with E-state index >= 15 is 0 Å². The third kappa shape index (κ3) is 10.5. The fourth-order valence-corrected chi connectivity index (χ4v) is 2.75. The lowest BCUT2D eigenvalue weighted by Gasteiger charge is -2.19. The van der Waals surface area contributed by atoms with Crippen LogP contribution >= 0.6 is 0 Å². The van der Waals surface area contributed by atoms with Crippen molar-refractivity contribution in [2.45, 2.75) is 25.1 Å². The summed E-state index contributed by atoms with van der Waals surface area (Å²) in [5.74, 6) is -4.12. The number of anilines is 1. The number of aromatic nitrogens is 1. The zero-order valence-corrected chi connectivity index (χ0v) is 18.4. The summed E-state index contributed by atoms with van der Waals surface area (Å²) < 4.78 is 40.7. The van der Waals surface area contributed by atoms with E-state index in [-0.39, 0.29) is 0 Å². The maximum atomic E-state index is 12.3. The Morgan fingerprint density at radius 3 is 2.31 bits per heavy atom. The predicted octanol–water partition coefficient (Wildman–Crippen LogP) is 2.06. The lowest BCUT2D eigenvalue weighted by Crippen LogP contribution is -2.43. The highest BCUT2D eigenvalue weighted by molar-refractivity contribution is 5.89. The average molecular weight is 495 g/mol. The normalized spacial score (nSPS) is 11.6. The van der Waals surface area contributed by atoms with Crippen molar-refractivity contribution >= 4 is 29.7 Å². The van der Waals surface area contributed by atoms with E-state index in [4.69, 9.17) is 0 Å². The van der Waals surface area contributed by atoms with Crippen molar-refractivity contribution in [3.8, 4) is 0 Å². The molecule has 0 saturated carbocycles. The highest BCUT2D eigenvalue weighted by atomic mass is 19.4. The summed E-state index contributed by atoms with van der Waals surface area (Å²) in [5.41, 5.74) is 0.391. The summed E-state index contributed by atoms with van der Waals surface area (Å²) in [7, 11) is 0. The topological polar surface area (TPSA) is 139 Å². The van der Waals surface area contributed by atoms with E-state index in [0.29, 0.717) is 30.9 Å². The van der Waals surface area contributed by atoms with E-state index in [2.05, 4.69) is 31.0 Å². The van der Waals surface area contributed by atoms with Crippen LogP contribution in [-0.4, -0.2) is 54.7 Å². The molecule has 1 aromatic heterocycles. The van der Waals surface area contributed by atoms with Crippen LogP contribution in [0.4, 0.5) is 23.8 Å². The van der Waals surface area contributed by atoms with Gasteiger partial charge >= 0.3 is 24.1 Å². The fourth-order valence-electron chi connectivity index (χ4n) is 2.75. The van der Waals surface area contributed by atoms with Crippen molar-refractivity contribution in [1.82, 2.24) is 20.9 Å². The van der Waals surface area contributed by atoms with Crippen LogP contribution in [0.25, 0.3) is 0 Å². The summed E-state index contributed by atoms with van der Waals surface area (Å²) >= 11 is 0. The van der Waals surface area contributed by atoms with Gasteiger partial charge in [0.2, 0.25) is 5.91 Å². The van der Waals surface area contributed by atoms with Crippen molar-refractivity contribution in [1.29, 1.82) is 0 Å². The second-order valence-corrected chi connectivity index (χ2v) is 7.10. The van der Waals surface area contributed by atoms with Crippen LogP contribution < -0.4 is 21.3 Å². The molecule has 35 heavy (non-hydrogen) atoms. The maximum absolute atomic E-state index is 12.3. The average Bonchev–Trinajstić information content (AvgIpc) is 2.82. The van der Waals surface area contributed by atoms with Gasteiger partial charge in [0.25, 0.3) is 0 Å². The number of carbonyl (C=O) groups is 4. The third-order valence-corrected chi connectivity index (χ3v) is 4.37. The predicted molar refractivity (Wildman–Crippen MR) is 118 cm³/mol. The van der Waals surface area contributed by atoms with Gasteiger partial charge in [-0.3, -0.25) is 9.59 Å². The van der Waals surface area contributed by atoms with Crippen molar-refractivity contribution in [2.75, 3.05) is 25.0 Å². The molecule has 1 atom stereocenters. The first kappa shape index (κ1) is 27.1. The Morgan fingerprint density at radius 1 is 0.943 bits per heavy atom. The SMILES string of the molecule is O=C(CNC(=O)NCCCNc1ccccn1)NC(CC(=O)OC(=O)C(F)(F)F)c1ccccc1. The molecule has 0 aliphatic carbocycles. The van der Waals surface area contributed by atoms with Gasteiger partial charge in [-0.2, -0.15) is 13.2 Å². The number of benzene rings is 1. The molecule has 1 aromatic carbocycles. The highest BCUT2D eigenvalue weighted by Crippen LogP contribution is 2.20. The number of urea groups is 1. The smallest absolute Gasteiger partial charge is 0.386 e. The van der Waals surface area contributed by atoms with Crippen molar-refractivity contribution < 1.29 is 37.1 Å². The van der Waals surface area contributed by atoms with Gasteiger partial charge in [-0.1, -0.05) is 36.4 Å². The number of alkyl halides is 3.